The van der Waals surface area contributed by atoms with Crippen LogP contribution in [-0.2, 0) is 4.79 Å². The van der Waals surface area contributed by atoms with Gasteiger partial charge in [-0.25, -0.2) is 4.39 Å². The van der Waals surface area contributed by atoms with E-state index in [0.29, 0.717) is 16.9 Å². The lowest BCUT2D eigenvalue weighted by Crippen LogP contribution is -2.43. The van der Waals surface area contributed by atoms with Crippen LogP contribution in [-0.4, -0.2) is 23.2 Å². The first-order valence-corrected chi connectivity index (χ1v) is 7.81. The molecule has 0 aliphatic carbocycles. The average Bonchev–Trinajstić information content (AvgIpc) is 2.61. The van der Waals surface area contributed by atoms with Gasteiger partial charge in [0.2, 0.25) is 0 Å². The molecule has 0 bridgehead atoms. The molecule has 5 nitrogen and oxygen atoms in total. The maximum Gasteiger partial charge on any atom is 0.261 e. The van der Waals surface area contributed by atoms with Gasteiger partial charge >= 0.3 is 0 Å². The minimum absolute atomic E-state index is 0.394. The van der Waals surface area contributed by atoms with Crippen molar-refractivity contribution in [1.29, 1.82) is 5.26 Å². The number of ether oxygens (including phenoxy) is 1. The van der Waals surface area contributed by atoms with Crippen LogP contribution in [0.5, 0.6) is 5.75 Å². The molecule has 25 heavy (non-hydrogen) atoms. The molecule has 0 spiro atoms. The smallest absolute Gasteiger partial charge is 0.261 e. The van der Waals surface area contributed by atoms with Gasteiger partial charge in [0.15, 0.2) is 6.10 Å². The van der Waals surface area contributed by atoms with E-state index in [1.807, 2.05) is 6.07 Å². The first kappa shape index (κ1) is 18.4. The van der Waals surface area contributed by atoms with Crippen molar-refractivity contribution >= 4 is 5.91 Å². The molecular weight excluding hydrogens is 323 g/mol. The van der Waals surface area contributed by atoms with Gasteiger partial charge in [-0.15, -0.1) is 0 Å². The highest BCUT2D eigenvalue weighted by Crippen LogP contribution is 2.18. The number of aliphatic hydroxyl groups excluding tert-OH is 1. The number of nitrogens with one attached hydrogen (secondary N) is 1. The highest BCUT2D eigenvalue weighted by molar-refractivity contribution is 5.81. The number of rotatable bonds is 6. The Balaban J connectivity index is 1.95. The van der Waals surface area contributed by atoms with Crippen molar-refractivity contribution in [3.63, 3.8) is 0 Å². The fraction of sp³-hybridized carbons (Fsp3) is 0.263. The Kier molecular flexibility index (Phi) is 6.09. The van der Waals surface area contributed by atoms with E-state index in [1.54, 1.807) is 38.1 Å². The lowest BCUT2D eigenvalue weighted by Gasteiger charge is -2.23. The molecule has 2 aromatic carbocycles. The normalized spacial score (nSPS) is 14.0. The number of nitrogens with zero attached hydrogens (tertiary/aromatic N) is 1. The van der Waals surface area contributed by atoms with Gasteiger partial charge in [-0.05, 0) is 49.7 Å². The summed E-state index contributed by atoms with van der Waals surface area (Å²) in [5, 5.41) is 21.8. The van der Waals surface area contributed by atoms with E-state index in [9.17, 15) is 14.3 Å². The number of carbonyl (C=O) groups excluding carboxylic acids is 1. The van der Waals surface area contributed by atoms with Gasteiger partial charge in [0.05, 0.1) is 23.8 Å². The molecule has 3 atom stereocenters. The van der Waals surface area contributed by atoms with Gasteiger partial charge in [0.1, 0.15) is 11.6 Å². The van der Waals surface area contributed by atoms with Gasteiger partial charge in [-0.1, -0.05) is 18.2 Å². The summed E-state index contributed by atoms with van der Waals surface area (Å²) in [4.78, 5) is 12.2. The number of hydrogen-bond acceptors (Lipinski definition) is 4. The summed E-state index contributed by atoms with van der Waals surface area (Å²) in [6.07, 6.45) is -1.78. The van der Waals surface area contributed by atoms with Crippen LogP contribution in [0.4, 0.5) is 4.39 Å². The zero-order chi connectivity index (χ0) is 18.4. The van der Waals surface area contributed by atoms with Gasteiger partial charge in [0.25, 0.3) is 5.91 Å². The summed E-state index contributed by atoms with van der Waals surface area (Å²) < 4.78 is 18.5. The van der Waals surface area contributed by atoms with E-state index in [0.717, 1.165) is 0 Å². The monoisotopic (exact) mass is 342 g/mol. The molecule has 0 saturated heterocycles. The van der Waals surface area contributed by atoms with Crippen LogP contribution >= 0.6 is 0 Å². The van der Waals surface area contributed by atoms with Gasteiger partial charge in [0, 0.05) is 0 Å². The average molecular weight is 342 g/mol. The van der Waals surface area contributed by atoms with Gasteiger partial charge < -0.3 is 15.2 Å². The first-order chi connectivity index (χ1) is 11.9. The molecular formula is C19H19FN2O3. The summed E-state index contributed by atoms with van der Waals surface area (Å²) in [6, 6.07) is 13.3. The quantitative estimate of drug-likeness (QED) is 0.846. The highest BCUT2D eigenvalue weighted by Gasteiger charge is 2.22. The number of aliphatic hydroxyl groups is 1. The number of amides is 1. The molecule has 0 aliphatic rings. The third kappa shape index (κ3) is 5.03. The highest BCUT2D eigenvalue weighted by atomic mass is 19.1. The predicted molar refractivity (Wildman–Crippen MR) is 90.2 cm³/mol. The van der Waals surface area contributed by atoms with Crippen LogP contribution in [0.25, 0.3) is 0 Å². The third-order valence-electron chi connectivity index (χ3n) is 3.70. The molecule has 2 aromatic rings. The van der Waals surface area contributed by atoms with Crippen molar-refractivity contribution in [2.75, 3.05) is 0 Å². The zero-order valence-corrected chi connectivity index (χ0v) is 13.9. The molecule has 2 N–H and O–H groups in total. The number of hydrogen-bond donors (Lipinski definition) is 2. The summed E-state index contributed by atoms with van der Waals surface area (Å²) >= 11 is 0. The van der Waals surface area contributed by atoms with Crippen molar-refractivity contribution in [3.05, 3.63) is 65.5 Å². The molecule has 0 heterocycles. The fourth-order valence-corrected chi connectivity index (χ4v) is 2.27. The molecule has 0 aromatic heterocycles. The van der Waals surface area contributed by atoms with Crippen LogP contribution in [0.15, 0.2) is 48.5 Å². The van der Waals surface area contributed by atoms with Crippen LogP contribution < -0.4 is 10.1 Å². The minimum atomic E-state index is -0.973. The third-order valence-corrected chi connectivity index (χ3v) is 3.70. The van der Waals surface area contributed by atoms with Crippen molar-refractivity contribution in [3.8, 4) is 11.8 Å². The van der Waals surface area contributed by atoms with Gasteiger partial charge in [-0.3, -0.25) is 4.79 Å². The van der Waals surface area contributed by atoms with Crippen molar-refractivity contribution < 1.29 is 19.0 Å². The molecule has 3 unspecified atom stereocenters. The lowest BCUT2D eigenvalue weighted by atomic mass is 10.0. The SMILES string of the molecule is CC(Oc1cccc(C#N)c1)C(=O)NC(C)C(O)c1ccc(F)cc1. The Hall–Kier alpha value is -2.91. The van der Waals surface area contributed by atoms with Crippen LogP contribution in [0.1, 0.15) is 31.1 Å². The first-order valence-electron chi connectivity index (χ1n) is 7.81. The Morgan fingerprint density at radius 3 is 2.56 bits per heavy atom. The zero-order valence-electron chi connectivity index (χ0n) is 13.9. The molecule has 1 amide bonds. The number of nitriles is 1. The standard InChI is InChI=1S/C19H19FN2O3/c1-12(18(23)15-6-8-16(20)9-7-15)22-19(24)13(2)25-17-5-3-4-14(10-17)11-21/h3-10,12-13,18,23H,1-2H3,(H,22,24). The Morgan fingerprint density at radius 1 is 1.24 bits per heavy atom. The van der Waals surface area contributed by atoms with Gasteiger partial charge in [-0.2, -0.15) is 5.26 Å². The second-order valence-corrected chi connectivity index (χ2v) is 5.69. The maximum absolute atomic E-state index is 12.9. The van der Waals surface area contributed by atoms with Crippen LogP contribution in [0.3, 0.4) is 0 Å². The van der Waals surface area contributed by atoms with E-state index in [4.69, 9.17) is 10.00 Å². The van der Waals surface area contributed by atoms with Crippen LogP contribution in [0, 0.1) is 17.1 Å². The number of carbonyl (C=O) groups is 1. The molecule has 0 saturated carbocycles. The van der Waals surface area contributed by atoms with Crippen molar-refractivity contribution in [1.82, 2.24) is 5.32 Å². The number of benzene rings is 2. The topological polar surface area (TPSA) is 82.3 Å². The predicted octanol–water partition coefficient (Wildman–Crippen LogP) is 2.70. The van der Waals surface area contributed by atoms with E-state index < -0.39 is 30.0 Å². The summed E-state index contributed by atoms with van der Waals surface area (Å²) in [6.45, 7) is 3.22. The second-order valence-electron chi connectivity index (χ2n) is 5.69. The largest absolute Gasteiger partial charge is 0.481 e. The summed E-state index contributed by atoms with van der Waals surface area (Å²) in [5.41, 5.74) is 0.940. The lowest BCUT2D eigenvalue weighted by molar-refractivity contribution is -0.128. The Morgan fingerprint density at radius 2 is 1.92 bits per heavy atom. The molecule has 6 heteroatoms. The van der Waals surface area contributed by atoms with E-state index in [1.165, 1.54) is 24.3 Å². The molecule has 0 radical (unpaired) electrons. The Labute approximate surface area is 145 Å². The fourth-order valence-electron chi connectivity index (χ4n) is 2.27. The number of halogens is 1. The Bertz CT molecular complexity index is 771. The van der Waals surface area contributed by atoms with Crippen molar-refractivity contribution in [2.24, 2.45) is 0 Å². The molecule has 0 fully saturated rings. The second kappa shape index (κ2) is 8.27. The van der Waals surface area contributed by atoms with Crippen molar-refractivity contribution in [2.45, 2.75) is 32.1 Å². The van der Waals surface area contributed by atoms with E-state index in [-0.39, 0.29) is 0 Å². The maximum atomic E-state index is 12.9. The molecule has 130 valence electrons. The molecule has 2 rings (SSSR count). The van der Waals surface area contributed by atoms with E-state index in [2.05, 4.69) is 5.32 Å². The van der Waals surface area contributed by atoms with Crippen LogP contribution in [0.2, 0.25) is 0 Å². The molecule has 0 aliphatic heterocycles. The summed E-state index contributed by atoms with van der Waals surface area (Å²) in [5.74, 6) is -0.390. The minimum Gasteiger partial charge on any atom is -0.481 e. The van der Waals surface area contributed by atoms with E-state index >= 15 is 0 Å². The summed E-state index contributed by atoms with van der Waals surface area (Å²) in [7, 11) is 0.